The predicted molar refractivity (Wildman–Crippen MR) is 286 cm³/mol. The molecule has 4 aromatic rings. The fourth-order valence-electron chi connectivity index (χ4n) is 13.6. The molecule has 4 heterocycles. The molecule has 80 heavy (non-hydrogen) atoms. The average molecular weight is 1100 g/mol. The first-order valence-electron chi connectivity index (χ1n) is 26.9. The molecule has 1 saturated heterocycles. The lowest BCUT2D eigenvalue weighted by Gasteiger charge is -2.67. The summed E-state index contributed by atoms with van der Waals surface area (Å²) in [6.07, 6.45) is -4.53. The van der Waals surface area contributed by atoms with Crippen LogP contribution in [0.1, 0.15) is 106 Å². The Labute approximate surface area is 460 Å². The number of nitrogens with zero attached hydrogens (tertiary/aromatic N) is 2. The van der Waals surface area contributed by atoms with Gasteiger partial charge in [-0.25, -0.2) is 9.59 Å². The molecule has 12 atom stereocenters. The third-order valence-electron chi connectivity index (χ3n) is 17.6. The van der Waals surface area contributed by atoms with Crippen molar-refractivity contribution in [2.45, 2.75) is 134 Å². The van der Waals surface area contributed by atoms with Crippen molar-refractivity contribution in [3.8, 4) is 0 Å². The first kappa shape index (κ1) is 55.9. The van der Waals surface area contributed by atoms with Crippen LogP contribution in [0.25, 0.3) is 12.2 Å². The number of aliphatic hydroxyl groups is 3. The number of rotatable bonds is 14. The summed E-state index contributed by atoms with van der Waals surface area (Å²) < 4.78 is 66.2. The maximum absolute atomic E-state index is 16.8. The fraction of sp³-hybridized carbons (Fsp3) is 0.417. The first-order chi connectivity index (χ1) is 37.9. The molecule has 6 aliphatic rings. The maximum atomic E-state index is 16.8. The van der Waals surface area contributed by atoms with Gasteiger partial charge in [0.1, 0.15) is 35.7 Å². The van der Waals surface area contributed by atoms with E-state index in [-0.39, 0.29) is 53.9 Å². The van der Waals surface area contributed by atoms with E-state index in [4.69, 9.17) is 23.7 Å². The number of aliphatic hydroxyl groups excluding tert-OH is 2. The zero-order chi connectivity index (χ0) is 57.3. The highest BCUT2D eigenvalue weighted by atomic mass is 19.2. The Morgan fingerprint density at radius 3 is 2.20 bits per heavy atom. The highest BCUT2D eigenvalue weighted by Crippen LogP contribution is 2.64. The number of hydrogen-bond donors (Lipinski definition) is 4. The number of ether oxygens (including phenoxy) is 5. The molecule has 3 aromatic carbocycles. The number of amides is 1. The third-order valence-corrected chi connectivity index (χ3v) is 17.6. The van der Waals surface area contributed by atoms with Crippen LogP contribution < -0.4 is 5.32 Å². The van der Waals surface area contributed by atoms with Crippen LogP contribution in [-0.4, -0.2) is 133 Å². The number of halogens is 2. The smallest absolute Gasteiger partial charge is 0.456 e. The van der Waals surface area contributed by atoms with Gasteiger partial charge in [0.05, 0.1) is 35.6 Å². The first-order valence-corrected chi connectivity index (χ1v) is 26.9. The number of allylic oxidation sites excluding steroid dienone is 1. The monoisotopic (exact) mass is 1100 g/mol. The van der Waals surface area contributed by atoms with E-state index >= 15 is 13.4 Å². The molecule has 20 heteroatoms. The number of carbonyl (C=O) groups is 6. The number of ketones is 1. The van der Waals surface area contributed by atoms with Crippen molar-refractivity contribution >= 4 is 60.4 Å². The van der Waals surface area contributed by atoms with Gasteiger partial charge in [-0.15, -0.1) is 0 Å². The van der Waals surface area contributed by atoms with Gasteiger partial charge >= 0.3 is 30.8 Å². The lowest BCUT2D eigenvalue weighted by molar-refractivity contribution is -0.457. The summed E-state index contributed by atoms with van der Waals surface area (Å²) in [6, 6.07) is 26.3. The van der Waals surface area contributed by atoms with E-state index in [1.807, 2.05) is 30.3 Å². The maximum Gasteiger partial charge on any atom is 0.732 e. The minimum atomic E-state index is -4.37. The van der Waals surface area contributed by atoms with Crippen LogP contribution in [0.3, 0.4) is 0 Å². The molecule has 1 amide bonds. The van der Waals surface area contributed by atoms with Crippen LogP contribution >= 0.6 is 0 Å². The van der Waals surface area contributed by atoms with Gasteiger partial charge < -0.3 is 61.9 Å². The molecule has 2 saturated carbocycles. The Morgan fingerprint density at radius 1 is 0.900 bits per heavy atom. The molecule has 0 radical (unpaired) electrons. The van der Waals surface area contributed by atoms with Gasteiger partial charge in [-0.05, 0) is 78.2 Å². The highest BCUT2D eigenvalue weighted by Gasteiger charge is 2.78. The summed E-state index contributed by atoms with van der Waals surface area (Å²) in [7, 11) is 0. The summed E-state index contributed by atoms with van der Waals surface area (Å²) >= 11 is 0. The zero-order valence-electron chi connectivity index (χ0n) is 45.1. The van der Waals surface area contributed by atoms with Crippen molar-refractivity contribution in [3.63, 3.8) is 0 Å². The second-order valence-electron chi connectivity index (χ2n) is 22.6. The van der Waals surface area contributed by atoms with Crippen molar-refractivity contribution in [1.82, 2.24) is 9.79 Å². The van der Waals surface area contributed by atoms with E-state index in [9.17, 15) is 39.3 Å². The molecule has 17 nitrogen and oxygen atoms in total. The second-order valence-corrected chi connectivity index (χ2v) is 22.6. The highest BCUT2D eigenvalue weighted by molar-refractivity contribution is 6.57. The van der Waals surface area contributed by atoms with Crippen LogP contribution in [0.4, 0.5) is 8.63 Å². The fourth-order valence-corrected chi connectivity index (χ4v) is 13.6. The number of carbonyl (C=O) groups excluding carboxylic acids is 6. The van der Waals surface area contributed by atoms with Gasteiger partial charge in [0.15, 0.2) is 23.6 Å². The Bertz CT molecular complexity index is 3270. The van der Waals surface area contributed by atoms with Crippen molar-refractivity contribution in [2.24, 2.45) is 16.7 Å². The van der Waals surface area contributed by atoms with Crippen LogP contribution in [0, 0.1) is 16.7 Å². The number of fused-ring (bicyclic) bond motifs is 7. The number of benzene rings is 3. The number of nitrogens with one attached hydrogen (secondary N) is 1. The third kappa shape index (κ3) is 9.32. The number of hydrogen-bond acceptors (Lipinski definition) is 14. The molecule has 4 N–H and O–H groups in total. The standard InChI is InChI=1S/C60H64BF2N3O14/c1-34-44(32-60(75)54(79-55(73)39-20-14-9-15-21-39)52-58(6,45(69)31-46-59(52,33-76-46)80-36(3)68)53(72)51(77-35(2)67)48(34)57(60,4)5)78-56(74)50(71)49(38-18-12-8-13-19-38)64-47(70)29-28-41-25-27-43-30-42-26-24-40(65(42)61(62,63)66(41)43)23-22-37-16-10-7-11-17-37/h7-27,43-46,49-52,54,69,71,75H,28-33H2,1-6H3,(H,64,70)/b23-22+/t43?,44-,45-,46+,49-,50+,51+,52-,54-,58+,59-,60+/m0/s1. The molecule has 3 fully saturated rings. The lowest BCUT2D eigenvalue weighted by Crippen LogP contribution is -2.82. The molecule has 1 aromatic heterocycles. The minimum absolute atomic E-state index is 0.0358. The Balaban J connectivity index is 0.971. The van der Waals surface area contributed by atoms with Gasteiger partial charge in [-0.1, -0.05) is 98.8 Å². The minimum Gasteiger partial charge on any atom is -0.456 e. The molecule has 10 rings (SSSR count). The molecular formula is C60H64BF2N3O14. The summed E-state index contributed by atoms with van der Waals surface area (Å²) in [4.78, 5) is 85.2. The van der Waals surface area contributed by atoms with E-state index in [1.165, 1.54) is 39.8 Å². The van der Waals surface area contributed by atoms with Gasteiger partial charge in [-0.2, -0.15) is 0 Å². The molecule has 1 unspecified atom stereocenters. The molecule has 3 aliphatic heterocycles. The zero-order valence-corrected chi connectivity index (χ0v) is 45.1. The van der Waals surface area contributed by atoms with Crippen LogP contribution in [0.5, 0.6) is 0 Å². The van der Waals surface area contributed by atoms with Gasteiger partial charge in [0.25, 0.3) is 0 Å². The molecule has 2 bridgehead atoms. The van der Waals surface area contributed by atoms with E-state index in [1.54, 1.807) is 85.0 Å². The van der Waals surface area contributed by atoms with Crippen molar-refractivity contribution in [2.75, 3.05) is 6.61 Å². The Morgan fingerprint density at radius 2 is 1.56 bits per heavy atom. The average Bonchev–Trinajstić information content (AvgIpc) is 3.92. The van der Waals surface area contributed by atoms with E-state index in [2.05, 4.69) is 5.32 Å². The SMILES string of the molecule is CC(=O)O[C@H]1C(=O)[C@@]2(C)[C@H]([C@H](OC(=O)c3ccccc3)[C@]3(O)C[C@H](OC(=O)[C@H](O)[C@@H](NC(=O)CCC4=[N+]5C(C=C4)Cc4ccc(/C=C/c6ccccc6)n4[B-]5(F)F)c4ccccc4)C(C)=C1C3(C)C)[C@]1(OC(C)=O)CO[C@@H]1C[C@@H]2O. The van der Waals surface area contributed by atoms with E-state index in [0.29, 0.717) is 17.8 Å². The van der Waals surface area contributed by atoms with Crippen molar-refractivity contribution in [1.29, 1.82) is 0 Å². The normalized spacial score (nSPS) is 30.5. The molecule has 3 aliphatic carbocycles. The second kappa shape index (κ2) is 20.9. The molecular weight excluding hydrogens is 1040 g/mol. The van der Waals surface area contributed by atoms with Gasteiger partial charge in [-0.3, -0.25) is 19.2 Å². The van der Waals surface area contributed by atoms with Gasteiger partial charge in [0.2, 0.25) is 5.91 Å². The topological polar surface area (TPSA) is 229 Å². The summed E-state index contributed by atoms with van der Waals surface area (Å²) in [5.74, 6) is -7.23. The Hall–Kier alpha value is -7.39. The molecule has 0 spiro atoms. The largest absolute Gasteiger partial charge is 0.732 e. The van der Waals surface area contributed by atoms with Crippen LogP contribution in [-0.2, 0) is 54.1 Å². The van der Waals surface area contributed by atoms with Gasteiger partial charge in [0, 0.05) is 63.1 Å². The molecule has 420 valence electrons. The summed E-state index contributed by atoms with van der Waals surface area (Å²) in [5, 5.41) is 40.9. The Kier molecular flexibility index (Phi) is 14.6. The van der Waals surface area contributed by atoms with E-state index in [0.717, 1.165) is 28.4 Å². The van der Waals surface area contributed by atoms with Crippen LogP contribution in [0.2, 0.25) is 0 Å². The number of aromatic nitrogens is 1. The quantitative estimate of drug-likeness (QED) is 0.0488. The van der Waals surface area contributed by atoms with E-state index < -0.39 is 126 Å². The van der Waals surface area contributed by atoms with Crippen LogP contribution in [0.15, 0.2) is 126 Å². The van der Waals surface area contributed by atoms with Crippen molar-refractivity contribution < 1.29 is 80.9 Å². The number of esters is 4. The number of Topliss-reactive ketones (excluding diaryl/α,β-unsaturated/α-hetero) is 1. The van der Waals surface area contributed by atoms with Crippen molar-refractivity contribution in [3.05, 3.63) is 155 Å². The lowest BCUT2D eigenvalue weighted by atomic mass is 9.44. The summed E-state index contributed by atoms with van der Waals surface area (Å²) in [5.41, 5.74) is -5.91. The predicted octanol–water partition coefficient (Wildman–Crippen LogP) is 6.04. The summed E-state index contributed by atoms with van der Waals surface area (Å²) in [6.45, 7) is 3.43.